The van der Waals surface area contributed by atoms with Crippen molar-refractivity contribution in [2.75, 3.05) is 11.9 Å². The summed E-state index contributed by atoms with van der Waals surface area (Å²) in [5.74, 6) is 0.146. The molecule has 3 aromatic carbocycles. The number of hydrogen-bond donors (Lipinski definition) is 2. The molecule has 0 fully saturated rings. The SMILES string of the molecule is CC[C@@H]1CN(Cc2cc(C(c3ccc4c(nnn4CC)c3C)C(C)(C)C(=O)Nc3cnc(CN)nc3)ccc2C)S(=O)(=O)c2ccccc2O1. The monoisotopic (exact) mass is 696 g/mol. The number of carbonyl (C=O) groups excluding carboxylic acids is 1. The van der Waals surface area contributed by atoms with Crippen molar-refractivity contribution in [3.63, 3.8) is 0 Å². The zero-order chi connectivity index (χ0) is 35.8. The van der Waals surface area contributed by atoms with Gasteiger partial charge in [-0.3, -0.25) is 4.79 Å². The molecule has 1 aliphatic heterocycles. The van der Waals surface area contributed by atoms with Crippen molar-refractivity contribution in [3.05, 3.63) is 101 Å². The molecule has 3 heterocycles. The van der Waals surface area contributed by atoms with Gasteiger partial charge in [-0.05, 0) is 73.2 Å². The Bertz CT molecular complexity index is 2150. The molecule has 6 rings (SSSR count). The van der Waals surface area contributed by atoms with E-state index >= 15 is 0 Å². The van der Waals surface area contributed by atoms with Crippen molar-refractivity contribution in [2.24, 2.45) is 11.1 Å². The number of anilines is 1. The van der Waals surface area contributed by atoms with E-state index in [1.165, 1.54) is 4.31 Å². The Hall–Kier alpha value is -4.72. The third-order valence-electron chi connectivity index (χ3n) is 9.72. The Morgan fingerprint density at radius 3 is 2.52 bits per heavy atom. The summed E-state index contributed by atoms with van der Waals surface area (Å²) in [6, 6.07) is 16.9. The summed E-state index contributed by atoms with van der Waals surface area (Å²) in [5, 5.41) is 11.9. The molecule has 1 unspecified atom stereocenters. The molecule has 2 atom stereocenters. The lowest BCUT2D eigenvalue weighted by molar-refractivity contribution is -0.124. The van der Waals surface area contributed by atoms with Crippen LogP contribution in [0.4, 0.5) is 5.69 Å². The van der Waals surface area contributed by atoms with Crippen LogP contribution in [-0.4, -0.2) is 56.2 Å². The van der Waals surface area contributed by atoms with Crippen LogP contribution in [0.2, 0.25) is 0 Å². The van der Waals surface area contributed by atoms with E-state index in [0.717, 1.165) is 38.9 Å². The van der Waals surface area contributed by atoms with Crippen LogP contribution in [0, 0.1) is 19.3 Å². The number of nitrogens with two attached hydrogens (primary N) is 1. The summed E-state index contributed by atoms with van der Waals surface area (Å²) < 4.78 is 37.6. The molecular formula is C37H44N8O4S. The first-order valence-corrected chi connectivity index (χ1v) is 18.3. The van der Waals surface area contributed by atoms with Crippen LogP contribution < -0.4 is 15.8 Å². The second kappa shape index (κ2) is 13.9. The highest BCUT2D eigenvalue weighted by Crippen LogP contribution is 2.45. The van der Waals surface area contributed by atoms with Gasteiger partial charge in [0.05, 0.1) is 42.1 Å². The predicted octanol–water partition coefficient (Wildman–Crippen LogP) is 5.48. The summed E-state index contributed by atoms with van der Waals surface area (Å²) in [7, 11) is -3.87. The Labute approximate surface area is 293 Å². The molecule has 0 saturated carbocycles. The van der Waals surface area contributed by atoms with Crippen molar-refractivity contribution >= 4 is 32.7 Å². The first-order chi connectivity index (χ1) is 23.9. The Morgan fingerprint density at radius 2 is 1.82 bits per heavy atom. The molecular weight excluding hydrogens is 653 g/mol. The maximum Gasteiger partial charge on any atom is 0.247 e. The lowest BCUT2D eigenvalue weighted by atomic mass is 9.69. The van der Waals surface area contributed by atoms with Crippen LogP contribution in [0.3, 0.4) is 0 Å². The van der Waals surface area contributed by atoms with Gasteiger partial charge >= 0.3 is 0 Å². The molecule has 0 spiro atoms. The van der Waals surface area contributed by atoms with Gasteiger partial charge in [0.15, 0.2) is 0 Å². The fourth-order valence-electron chi connectivity index (χ4n) is 6.70. The zero-order valence-electron chi connectivity index (χ0n) is 29.3. The average molecular weight is 697 g/mol. The van der Waals surface area contributed by atoms with E-state index in [0.29, 0.717) is 30.2 Å². The van der Waals surface area contributed by atoms with E-state index < -0.39 is 21.4 Å². The highest BCUT2D eigenvalue weighted by molar-refractivity contribution is 7.89. The lowest BCUT2D eigenvalue weighted by Gasteiger charge is -2.35. The number of aryl methyl sites for hydroxylation is 3. The van der Waals surface area contributed by atoms with E-state index in [1.54, 1.807) is 36.7 Å². The molecule has 13 heteroatoms. The number of carbonyl (C=O) groups is 1. The van der Waals surface area contributed by atoms with Gasteiger partial charge in [-0.25, -0.2) is 23.1 Å². The number of aromatic nitrogens is 5. The van der Waals surface area contributed by atoms with Gasteiger partial charge in [0, 0.05) is 19.0 Å². The van der Waals surface area contributed by atoms with E-state index in [-0.39, 0.29) is 36.5 Å². The van der Waals surface area contributed by atoms with Crippen LogP contribution in [0.15, 0.2) is 71.9 Å². The van der Waals surface area contributed by atoms with Crippen LogP contribution in [0.5, 0.6) is 5.75 Å². The molecule has 0 radical (unpaired) electrons. The molecule has 3 N–H and O–H groups in total. The van der Waals surface area contributed by atoms with Gasteiger partial charge in [0.2, 0.25) is 15.9 Å². The maximum atomic E-state index is 14.3. The Kier molecular flexibility index (Phi) is 9.75. The van der Waals surface area contributed by atoms with E-state index in [4.69, 9.17) is 10.5 Å². The van der Waals surface area contributed by atoms with Crippen molar-refractivity contribution in [2.45, 2.75) is 84.5 Å². The number of rotatable bonds is 10. The first kappa shape index (κ1) is 35.1. The number of nitrogens with one attached hydrogen (secondary N) is 1. The summed E-state index contributed by atoms with van der Waals surface area (Å²) >= 11 is 0. The van der Waals surface area contributed by atoms with Crippen molar-refractivity contribution in [1.82, 2.24) is 29.3 Å². The third-order valence-corrected chi connectivity index (χ3v) is 11.6. The second-order valence-electron chi connectivity index (χ2n) is 13.3. The minimum absolute atomic E-state index is 0.142. The largest absolute Gasteiger partial charge is 0.488 e. The van der Waals surface area contributed by atoms with Gasteiger partial charge in [-0.15, -0.1) is 5.10 Å². The number of para-hydroxylation sites is 1. The van der Waals surface area contributed by atoms with Crippen LogP contribution in [0.1, 0.15) is 73.7 Å². The molecule has 1 amide bonds. The molecule has 262 valence electrons. The zero-order valence-corrected chi connectivity index (χ0v) is 30.2. The molecule has 1 aliphatic rings. The van der Waals surface area contributed by atoms with Crippen molar-refractivity contribution < 1.29 is 17.9 Å². The van der Waals surface area contributed by atoms with Crippen LogP contribution in [0.25, 0.3) is 11.0 Å². The number of benzene rings is 3. The molecule has 0 bridgehead atoms. The normalized spacial score (nSPS) is 16.7. The molecule has 12 nitrogen and oxygen atoms in total. The maximum absolute atomic E-state index is 14.3. The van der Waals surface area contributed by atoms with Gasteiger partial charge in [0.25, 0.3) is 0 Å². The lowest BCUT2D eigenvalue weighted by Crippen LogP contribution is -2.38. The number of amides is 1. The average Bonchev–Trinajstić information content (AvgIpc) is 3.50. The van der Waals surface area contributed by atoms with Crippen molar-refractivity contribution in [1.29, 1.82) is 0 Å². The van der Waals surface area contributed by atoms with E-state index in [1.807, 2.05) is 76.6 Å². The first-order valence-electron chi connectivity index (χ1n) is 16.9. The quantitative estimate of drug-likeness (QED) is 0.193. The summed E-state index contributed by atoms with van der Waals surface area (Å²) in [6.45, 7) is 13.0. The topological polar surface area (TPSA) is 158 Å². The minimum Gasteiger partial charge on any atom is -0.488 e. The van der Waals surface area contributed by atoms with Crippen molar-refractivity contribution in [3.8, 4) is 5.75 Å². The van der Waals surface area contributed by atoms with Crippen LogP contribution in [-0.2, 0) is 34.5 Å². The smallest absolute Gasteiger partial charge is 0.247 e. The number of sulfonamides is 1. The van der Waals surface area contributed by atoms with E-state index in [9.17, 15) is 13.2 Å². The second-order valence-corrected chi connectivity index (χ2v) is 15.2. The minimum atomic E-state index is -3.87. The molecule has 5 aromatic rings. The van der Waals surface area contributed by atoms with E-state index in [2.05, 4.69) is 25.6 Å². The predicted molar refractivity (Wildman–Crippen MR) is 192 cm³/mol. The number of nitrogens with zero attached hydrogens (tertiary/aromatic N) is 6. The standard InChI is InChI=1S/C37H44N8O4S/c1-7-28-22-44(50(47,48)32-12-10-9-11-31(32)49-28)21-26-17-25(14-13-23(26)3)34(29-15-16-30-35(24(29)4)42-43-45(30)8-2)37(5,6)36(46)41-27-19-39-33(18-38)40-20-27/h9-17,19-20,28,34H,7-8,18,21-22,38H2,1-6H3,(H,41,46)/t28-,34?/m1/s1. The Balaban J connectivity index is 1.45. The summed E-state index contributed by atoms with van der Waals surface area (Å²) in [4.78, 5) is 22.9. The molecule has 0 saturated heterocycles. The number of fused-ring (bicyclic) bond motifs is 2. The summed E-state index contributed by atoms with van der Waals surface area (Å²) in [6.07, 6.45) is 3.45. The number of ether oxygens (including phenoxy) is 1. The molecule has 0 aliphatic carbocycles. The molecule has 2 aromatic heterocycles. The fraction of sp³-hybridized carbons (Fsp3) is 0.378. The Morgan fingerprint density at radius 1 is 1.08 bits per heavy atom. The van der Waals surface area contributed by atoms with Gasteiger partial charge < -0.3 is 15.8 Å². The molecule has 50 heavy (non-hydrogen) atoms. The van der Waals surface area contributed by atoms with Gasteiger partial charge in [-0.1, -0.05) is 62.4 Å². The van der Waals surface area contributed by atoms with Gasteiger partial charge in [0.1, 0.15) is 28.1 Å². The fourth-order valence-corrected chi connectivity index (χ4v) is 8.27. The van der Waals surface area contributed by atoms with Crippen LogP contribution >= 0.6 is 0 Å². The number of hydrogen-bond acceptors (Lipinski definition) is 9. The summed E-state index contributed by atoms with van der Waals surface area (Å²) in [5.41, 5.74) is 11.3. The highest BCUT2D eigenvalue weighted by atomic mass is 32.2. The highest BCUT2D eigenvalue weighted by Gasteiger charge is 2.41. The third kappa shape index (κ3) is 6.48. The van der Waals surface area contributed by atoms with Gasteiger partial charge in [-0.2, -0.15) is 4.31 Å².